The molecular formula is C9H15NO5. The zero-order valence-corrected chi connectivity index (χ0v) is 8.62. The van der Waals surface area contributed by atoms with E-state index in [0.717, 1.165) is 6.42 Å². The van der Waals surface area contributed by atoms with E-state index in [4.69, 9.17) is 9.84 Å². The minimum Gasteiger partial charge on any atom is -0.480 e. The molecule has 0 spiro atoms. The number of carboxylic acids is 1. The van der Waals surface area contributed by atoms with E-state index >= 15 is 0 Å². The van der Waals surface area contributed by atoms with Gasteiger partial charge in [-0.1, -0.05) is 0 Å². The molecular weight excluding hydrogens is 202 g/mol. The average molecular weight is 217 g/mol. The third kappa shape index (κ3) is 4.26. The fraction of sp³-hybridized carbons (Fsp3) is 0.778. The quantitative estimate of drug-likeness (QED) is 0.641. The Bertz CT molecular complexity index is 247. The van der Waals surface area contributed by atoms with Gasteiger partial charge in [0.15, 0.2) is 0 Å². The van der Waals surface area contributed by atoms with Crippen LogP contribution in [0.1, 0.15) is 13.3 Å². The minimum atomic E-state index is -1.08. The summed E-state index contributed by atoms with van der Waals surface area (Å²) in [6, 6.07) is 0. The van der Waals surface area contributed by atoms with Gasteiger partial charge in [0.05, 0.1) is 12.1 Å². The molecule has 0 radical (unpaired) electrons. The average Bonchev–Trinajstić information content (AvgIpc) is 2.50. The second-order valence-electron chi connectivity index (χ2n) is 3.80. The molecule has 15 heavy (non-hydrogen) atoms. The Morgan fingerprint density at radius 1 is 1.53 bits per heavy atom. The van der Waals surface area contributed by atoms with Crippen LogP contribution in [0.3, 0.4) is 0 Å². The van der Waals surface area contributed by atoms with Crippen LogP contribution in [-0.2, 0) is 19.1 Å². The second kappa shape index (κ2) is 5.09. The molecule has 0 aromatic heterocycles. The van der Waals surface area contributed by atoms with Crippen LogP contribution in [-0.4, -0.2) is 48.9 Å². The predicted octanol–water partition coefficient (Wildman–Crippen LogP) is -0.617. The van der Waals surface area contributed by atoms with Gasteiger partial charge in [-0.15, -0.1) is 0 Å². The molecule has 1 aliphatic heterocycles. The molecule has 0 aromatic rings. The summed E-state index contributed by atoms with van der Waals surface area (Å²) in [7, 11) is 0. The maximum atomic E-state index is 11.3. The molecule has 0 aromatic carbocycles. The molecule has 1 saturated heterocycles. The maximum absolute atomic E-state index is 11.3. The van der Waals surface area contributed by atoms with Crippen LogP contribution in [0.2, 0.25) is 0 Å². The molecule has 1 amide bonds. The highest BCUT2D eigenvalue weighted by Gasteiger charge is 2.31. The molecule has 1 unspecified atom stereocenters. The molecule has 6 nitrogen and oxygen atoms in total. The number of ether oxygens (including phenoxy) is 2. The van der Waals surface area contributed by atoms with Gasteiger partial charge in [0.25, 0.3) is 0 Å². The SMILES string of the molecule is CC1(NC(=O)COCC(=O)O)CCOC1. The highest BCUT2D eigenvalue weighted by molar-refractivity contribution is 5.78. The van der Waals surface area contributed by atoms with Crippen molar-refractivity contribution in [2.75, 3.05) is 26.4 Å². The number of rotatable bonds is 5. The van der Waals surface area contributed by atoms with Crippen molar-refractivity contribution < 1.29 is 24.2 Å². The first-order chi connectivity index (χ1) is 7.02. The molecule has 1 rings (SSSR count). The van der Waals surface area contributed by atoms with E-state index in [0.29, 0.717) is 13.2 Å². The Labute approximate surface area is 87.5 Å². The molecule has 86 valence electrons. The lowest BCUT2D eigenvalue weighted by Gasteiger charge is -2.23. The Hall–Kier alpha value is -1.14. The Balaban J connectivity index is 2.20. The van der Waals surface area contributed by atoms with Gasteiger partial charge in [-0.2, -0.15) is 0 Å². The molecule has 0 aliphatic carbocycles. The summed E-state index contributed by atoms with van der Waals surface area (Å²) >= 11 is 0. The molecule has 0 bridgehead atoms. The van der Waals surface area contributed by atoms with Crippen LogP contribution in [0.4, 0.5) is 0 Å². The number of amides is 1. The standard InChI is InChI=1S/C9H15NO5/c1-9(2-3-14-6-9)10-7(11)4-15-5-8(12)13/h2-6H2,1H3,(H,10,11)(H,12,13). The van der Waals surface area contributed by atoms with E-state index in [1.807, 2.05) is 6.92 Å². The minimum absolute atomic E-state index is 0.234. The van der Waals surface area contributed by atoms with Crippen molar-refractivity contribution >= 4 is 11.9 Å². The Kier molecular flexibility index (Phi) is 4.05. The number of carbonyl (C=O) groups excluding carboxylic acids is 1. The van der Waals surface area contributed by atoms with E-state index in [2.05, 4.69) is 10.1 Å². The van der Waals surface area contributed by atoms with Crippen molar-refractivity contribution in [3.63, 3.8) is 0 Å². The number of carboxylic acid groups (broad SMARTS) is 1. The summed E-state index contributed by atoms with van der Waals surface area (Å²) in [6.07, 6.45) is 0.762. The van der Waals surface area contributed by atoms with E-state index in [-0.39, 0.29) is 18.1 Å². The Morgan fingerprint density at radius 2 is 2.27 bits per heavy atom. The maximum Gasteiger partial charge on any atom is 0.329 e. The summed E-state index contributed by atoms with van der Waals surface area (Å²) in [6.45, 7) is 2.31. The van der Waals surface area contributed by atoms with Gasteiger partial charge in [0, 0.05) is 6.61 Å². The summed E-state index contributed by atoms with van der Waals surface area (Å²) < 4.78 is 9.81. The molecule has 0 saturated carbocycles. The van der Waals surface area contributed by atoms with Gasteiger partial charge in [0.1, 0.15) is 13.2 Å². The van der Waals surface area contributed by atoms with Crippen LogP contribution in [0.15, 0.2) is 0 Å². The summed E-state index contributed by atoms with van der Waals surface area (Å²) in [4.78, 5) is 21.4. The molecule has 2 N–H and O–H groups in total. The molecule has 1 fully saturated rings. The van der Waals surface area contributed by atoms with Crippen LogP contribution >= 0.6 is 0 Å². The first-order valence-electron chi connectivity index (χ1n) is 4.70. The van der Waals surface area contributed by atoms with E-state index in [1.165, 1.54) is 0 Å². The van der Waals surface area contributed by atoms with Gasteiger partial charge >= 0.3 is 5.97 Å². The first kappa shape index (κ1) is 11.9. The molecule has 1 aliphatic rings. The number of nitrogens with one attached hydrogen (secondary N) is 1. The van der Waals surface area contributed by atoms with Crippen molar-refractivity contribution in [1.29, 1.82) is 0 Å². The normalized spacial score (nSPS) is 25.1. The van der Waals surface area contributed by atoms with Crippen LogP contribution in [0.25, 0.3) is 0 Å². The summed E-state index contributed by atoms with van der Waals surface area (Å²) in [5.74, 6) is -1.40. The number of aliphatic carboxylic acids is 1. The van der Waals surface area contributed by atoms with E-state index in [1.54, 1.807) is 0 Å². The lowest BCUT2D eigenvalue weighted by Crippen LogP contribution is -2.47. The van der Waals surface area contributed by atoms with Crippen molar-refractivity contribution in [3.05, 3.63) is 0 Å². The van der Waals surface area contributed by atoms with Crippen LogP contribution in [0, 0.1) is 0 Å². The van der Waals surface area contributed by atoms with Crippen LogP contribution in [0.5, 0.6) is 0 Å². The lowest BCUT2D eigenvalue weighted by atomic mass is 10.0. The number of hydrogen-bond acceptors (Lipinski definition) is 4. The summed E-state index contributed by atoms with van der Waals surface area (Å²) in [5.41, 5.74) is -0.344. The van der Waals surface area contributed by atoms with E-state index in [9.17, 15) is 9.59 Å². The smallest absolute Gasteiger partial charge is 0.329 e. The lowest BCUT2D eigenvalue weighted by molar-refractivity contribution is -0.143. The fourth-order valence-electron chi connectivity index (χ4n) is 1.37. The number of carbonyl (C=O) groups is 2. The van der Waals surface area contributed by atoms with Crippen molar-refractivity contribution in [3.8, 4) is 0 Å². The zero-order valence-electron chi connectivity index (χ0n) is 8.62. The third-order valence-electron chi connectivity index (χ3n) is 2.12. The monoisotopic (exact) mass is 217 g/mol. The van der Waals surface area contributed by atoms with Crippen molar-refractivity contribution in [2.45, 2.75) is 18.9 Å². The van der Waals surface area contributed by atoms with Gasteiger partial charge in [-0.05, 0) is 13.3 Å². The van der Waals surface area contributed by atoms with Crippen LogP contribution < -0.4 is 5.32 Å². The number of hydrogen-bond donors (Lipinski definition) is 2. The van der Waals surface area contributed by atoms with Gasteiger partial charge in [-0.3, -0.25) is 4.79 Å². The predicted molar refractivity (Wildman–Crippen MR) is 50.4 cm³/mol. The highest BCUT2D eigenvalue weighted by atomic mass is 16.5. The second-order valence-corrected chi connectivity index (χ2v) is 3.80. The third-order valence-corrected chi connectivity index (χ3v) is 2.12. The van der Waals surface area contributed by atoms with Crippen molar-refractivity contribution in [1.82, 2.24) is 5.32 Å². The van der Waals surface area contributed by atoms with E-state index < -0.39 is 12.6 Å². The van der Waals surface area contributed by atoms with Crippen molar-refractivity contribution in [2.24, 2.45) is 0 Å². The highest BCUT2D eigenvalue weighted by Crippen LogP contribution is 2.16. The Morgan fingerprint density at radius 3 is 2.80 bits per heavy atom. The first-order valence-corrected chi connectivity index (χ1v) is 4.70. The topological polar surface area (TPSA) is 84.9 Å². The zero-order chi connectivity index (χ0) is 11.3. The molecule has 1 atom stereocenters. The van der Waals surface area contributed by atoms with Gasteiger partial charge in [-0.25, -0.2) is 4.79 Å². The summed E-state index contributed by atoms with van der Waals surface area (Å²) in [5, 5.41) is 11.0. The molecule has 6 heteroatoms. The fourth-order valence-corrected chi connectivity index (χ4v) is 1.37. The van der Waals surface area contributed by atoms with Gasteiger partial charge in [0.2, 0.25) is 5.91 Å². The largest absolute Gasteiger partial charge is 0.480 e. The molecule has 1 heterocycles. The van der Waals surface area contributed by atoms with Gasteiger partial charge < -0.3 is 19.9 Å².